The molecule has 0 saturated heterocycles. The molecule has 9 heteroatoms. The Labute approximate surface area is 168 Å². The molecule has 6 nitrogen and oxygen atoms in total. The fourth-order valence-electron chi connectivity index (χ4n) is 2.90. The highest BCUT2D eigenvalue weighted by Gasteiger charge is 2.24. The maximum Gasteiger partial charge on any atom is 0.241 e. The van der Waals surface area contributed by atoms with Gasteiger partial charge in [0, 0.05) is 17.8 Å². The van der Waals surface area contributed by atoms with Gasteiger partial charge in [-0.3, -0.25) is 10.1 Å². The molecule has 30 heavy (non-hydrogen) atoms. The smallest absolute Gasteiger partial charge is 0.241 e. The first-order chi connectivity index (χ1) is 14.5. The molecule has 0 aliphatic carbocycles. The van der Waals surface area contributed by atoms with Crippen molar-refractivity contribution >= 4 is 11.8 Å². The zero-order chi connectivity index (χ0) is 21.1. The Morgan fingerprint density at radius 2 is 1.87 bits per heavy atom. The number of nitrogens with zero attached hydrogens (tertiary/aromatic N) is 3. The van der Waals surface area contributed by atoms with Crippen LogP contribution in [0.4, 0.5) is 19.1 Å². The summed E-state index contributed by atoms with van der Waals surface area (Å²) in [5.41, 5.74) is 0.662. The van der Waals surface area contributed by atoms with Gasteiger partial charge < -0.3 is 4.52 Å². The lowest BCUT2D eigenvalue weighted by atomic mass is 10.0. The summed E-state index contributed by atoms with van der Waals surface area (Å²) < 4.78 is 46.7. The van der Waals surface area contributed by atoms with Gasteiger partial charge in [-0.25, -0.2) is 23.1 Å². The number of aromatic nitrogens is 3. The van der Waals surface area contributed by atoms with E-state index in [2.05, 4.69) is 20.4 Å². The van der Waals surface area contributed by atoms with Gasteiger partial charge in [-0.15, -0.1) is 0 Å². The van der Waals surface area contributed by atoms with E-state index in [1.54, 1.807) is 6.07 Å². The average molecular weight is 410 g/mol. The molecule has 0 atom stereocenters. The summed E-state index contributed by atoms with van der Waals surface area (Å²) in [6.07, 6.45) is 2.46. The molecule has 0 radical (unpaired) electrons. The summed E-state index contributed by atoms with van der Waals surface area (Å²) in [5.74, 6) is -2.80. The first-order valence-electron chi connectivity index (χ1n) is 8.77. The maximum absolute atomic E-state index is 14.4. The number of carbonyl (C=O) groups is 1. The second kappa shape index (κ2) is 8.16. The van der Waals surface area contributed by atoms with E-state index in [0.29, 0.717) is 11.8 Å². The van der Waals surface area contributed by atoms with Crippen molar-refractivity contribution in [3.05, 3.63) is 84.1 Å². The number of nitrogens with one attached hydrogen (secondary N) is 1. The highest BCUT2D eigenvalue weighted by Crippen LogP contribution is 2.37. The molecule has 0 unspecified atom stereocenters. The number of carbonyl (C=O) groups excluding carboxylic acids is 1. The van der Waals surface area contributed by atoms with Crippen molar-refractivity contribution in [2.75, 3.05) is 5.32 Å². The van der Waals surface area contributed by atoms with E-state index in [4.69, 9.17) is 4.52 Å². The molecule has 0 aliphatic heterocycles. The third-order valence-electron chi connectivity index (χ3n) is 4.28. The van der Waals surface area contributed by atoms with Gasteiger partial charge in [0.15, 0.2) is 0 Å². The van der Waals surface area contributed by atoms with Crippen LogP contribution in [0.1, 0.15) is 5.56 Å². The third-order valence-corrected chi connectivity index (χ3v) is 4.28. The highest BCUT2D eigenvalue weighted by atomic mass is 19.1. The van der Waals surface area contributed by atoms with E-state index in [1.807, 2.05) is 0 Å². The normalized spacial score (nSPS) is 10.8. The Hall–Kier alpha value is -4.01. The van der Waals surface area contributed by atoms with E-state index in [0.717, 1.165) is 6.07 Å². The second-order valence-corrected chi connectivity index (χ2v) is 6.27. The van der Waals surface area contributed by atoms with Crippen molar-refractivity contribution in [1.82, 2.24) is 15.1 Å². The van der Waals surface area contributed by atoms with Crippen LogP contribution >= 0.6 is 0 Å². The van der Waals surface area contributed by atoms with Crippen molar-refractivity contribution in [1.29, 1.82) is 0 Å². The number of benzene rings is 2. The molecular weight excluding hydrogens is 397 g/mol. The largest absolute Gasteiger partial charge is 0.337 e. The van der Waals surface area contributed by atoms with Gasteiger partial charge in [0.2, 0.25) is 11.8 Å². The number of amides is 1. The predicted octanol–water partition coefficient (Wildman–Crippen LogP) is 4.40. The van der Waals surface area contributed by atoms with E-state index >= 15 is 0 Å². The molecule has 1 amide bonds. The Balaban J connectivity index is 1.72. The minimum absolute atomic E-state index is 0.0207. The molecule has 2 aromatic heterocycles. The molecule has 0 spiro atoms. The lowest BCUT2D eigenvalue weighted by Gasteiger charge is -2.07. The van der Waals surface area contributed by atoms with Crippen molar-refractivity contribution in [2.45, 2.75) is 6.42 Å². The van der Waals surface area contributed by atoms with Gasteiger partial charge in [-0.1, -0.05) is 23.4 Å². The summed E-state index contributed by atoms with van der Waals surface area (Å²) in [6.45, 7) is 0. The van der Waals surface area contributed by atoms with Crippen LogP contribution in [0.25, 0.3) is 22.5 Å². The van der Waals surface area contributed by atoms with Crippen LogP contribution in [0.2, 0.25) is 0 Å². The van der Waals surface area contributed by atoms with Crippen LogP contribution in [0, 0.1) is 17.5 Å². The lowest BCUT2D eigenvalue weighted by Crippen LogP contribution is -2.15. The molecule has 2 aromatic carbocycles. The SMILES string of the molecule is O=C(Cc1ccccc1F)Nc1onc(-c2ccc(F)cc2F)c1-c1ccncn1. The molecule has 0 aliphatic rings. The molecule has 4 rings (SSSR count). The molecular formula is C21H13F3N4O2. The summed E-state index contributed by atoms with van der Waals surface area (Å²) in [4.78, 5) is 20.4. The Morgan fingerprint density at radius 1 is 1.03 bits per heavy atom. The number of hydrogen-bond acceptors (Lipinski definition) is 5. The molecule has 150 valence electrons. The minimum atomic E-state index is -0.858. The lowest BCUT2D eigenvalue weighted by molar-refractivity contribution is -0.115. The van der Waals surface area contributed by atoms with Crippen molar-refractivity contribution < 1.29 is 22.5 Å². The van der Waals surface area contributed by atoms with Crippen LogP contribution in [0.5, 0.6) is 0 Å². The Kier molecular flexibility index (Phi) is 5.25. The molecule has 0 bridgehead atoms. The van der Waals surface area contributed by atoms with Gasteiger partial charge in [0.05, 0.1) is 17.7 Å². The van der Waals surface area contributed by atoms with Gasteiger partial charge in [0.25, 0.3) is 0 Å². The monoisotopic (exact) mass is 410 g/mol. The van der Waals surface area contributed by atoms with Gasteiger partial charge >= 0.3 is 0 Å². The first-order valence-corrected chi connectivity index (χ1v) is 8.77. The molecule has 2 heterocycles. The molecule has 1 N–H and O–H groups in total. The quantitative estimate of drug-likeness (QED) is 0.528. The fourth-order valence-corrected chi connectivity index (χ4v) is 2.90. The fraction of sp³-hybridized carbons (Fsp3) is 0.0476. The van der Waals surface area contributed by atoms with Gasteiger partial charge in [0.1, 0.15) is 29.5 Å². The first kappa shape index (κ1) is 19.3. The van der Waals surface area contributed by atoms with Crippen LogP contribution < -0.4 is 5.32 Å². The van der Waals surface area contributed by atoms with Crippen LogP contribution in [0.15, 0.2) is 65.6 Å². The summed E-state index contributed by atoms with van der Waals surface area (Å²) in [7, 11) is 0. The number of halogens is 3. The number of hydrogen-bond donors (Lipinski definition) is 1. The minimum Gasteiger partial charge on any atom is -0.337 e. The van der Waals surface area contributed by atoms with E-state index in [1.165, 1.54) is 42.9 Å². The van der Waals surface area contributed by atoms with Gasteiger partial charge in [-0.05, 0) is 29.8 Å². The van der Waals surface area contributed by atoms with Crippen molar-refractivity contribution in [2.24, 2.45) is 0 Å². The summed E-state index contributed by atoms with van der Waals surface area (Å²) >= 11 is 0. The Morgan fingerprint density at radius 3 is 2.60 bits per heavy atom. The van der Waals surface area contributed by atoms with Crippen LogP contribution in [-0.2, 0) is 11.2 Å². The second-order valence-electron chi connectivity index (χ2n) is 6.27. The zero-order valence-electron chi connectivity index (χ0n) is 15.3. The Bertz CT molecular complexity index is 1210. The topological polar surface area (TPSA) is 80.9 Å². The zero-order valence-corrected chi connectivity index (χ0v) is 15.3. The average Bonchev–Trinajstić information content (AvgIpc) is 3.13. The highest BCUT2D eigenvalue weighted by molar-refractivity contribution is 5.97. The van der Waals surface area contributed by atoms with Crippen LogP contribution in [-0.4, -0.2) is 21.0 Å². The maximum atomic E-state index is 14.4. The van der Waals surface area contributed by atoms with Gasteiger partial charge in [-0.2, -0.15) is 0 Å². The summed E-state index contributed by atoms with van der Waals surface area (Å²) in [5, 5.41) is 6.36. The number of anilines is 1. The van der Waals surface area contributed by atoms with Crippen molar-refractivity contribution in [3.8, 4) is 22.5 Å². The molecule has 4 aromatic rings. The van der Waals surface area contributed by atoms with Crippen LogP contribution in [0.3, 0.4) is 0 Å². The summed E-state index contributed by atoms with van der Waals surface area (Å²) in [6, 6.07) is 10.4. The van der Waals surface area contributed by atoms with Crippen molar-refractivity contribution in [3.63, 3.8) is 0 Å². The molecule has 0 fully saturated rings. The van der Waals surface area contributed by atoms with E-state index in [-0.39, 0.29) is 34.7 Å². The molecule has 0 saturated carbocycles. The third kappa shape index (κ3) is 3.90. The van der Waals surface area contributed by atoms with E-state index in [9.17, 15) is 18.0 Å². The standard InChI is InChI=1S/C21H13F3N4O2/c22-13-5-6-14(16(24)10-13)20-19(17-7-8-25-11-26-17)21(30-28-20)27-18(29)9-12-3-1-2-4-15(12)23/h1-8,10-11H,9H2,(H,27,29). The predicted molar refractivity (Wildman–Crippen MR) is 102 cm³/mol. The number of rotatable bonds is 5. The van der Waals surface area contributed by atoms with E-state index < -0.39 is 23.4 Å².